The fraction of sp³-hybridized carbons (Fsp3) is 0.632. The molecule has 2 heterocycles. The summed E-state index contributed by atoms with van der Waals surface area (Å²) in [5.74, 6) is -0.353. The summed E-state index contributed by atoms with van der Waals surface area (Å²) in [6.45, 7) is 4.63. The normalized spacial score (nSPS) is 21.7. The number of anilines is 1. The van der Waals surface area contributed by atoms with Crippen LogP contribution in [-0.4, -0.2) is 60.2 Å². The molecule has 1 aliphatic heterocycles. The summed E-state index contributed by atoms with van der Waals surface area (Å²) in [4.78, 5) is 32.4. The van der Waals surface area contributed by atoms with Gasteiger partial charge in [0.05, 0.1) is 0 Å². The molecule has 0 aromatic carbocycles. The van der Waals surface area contributed by atoms with Crippen LogP contribution in [0.1, 0.15) is 39.0 Å². The average molecular weight is 360 g/mol. The van der Waals surface area contributed by atoms with Gasteiger partial charge in [0, 0.05) is 44.3 Å². The zero-order valence-electron chi connectivity index (χ0n) is 15.4. The van der Waals surface area contributed by atoms with E-state index in [-0.39, 0.29) is 12.1 Å². The molecule has 1 unspecified atom stereocenters. The van der Waals surface area contributed by atoms with E-state index in [4.69, 9.17) is 4.74 Å². The van der Waals surface area contributed by atoms with E-state index < -0.39 is 5.66 Å². The minimum absolute atomic E-state index is 0.0258. The monoisotopic (exact) mass is 360 g/mol. The van der Waals surface area contributed by atoms with Crippen molar-refractivity contribution < 1.29 is 14.3 Å². The fourth-order valence-corrected chi connectivity index (χ4v) is 3.81. The highest BCUT2D eigenvalue weighted by atomic mass is 16.5. The van der Waals surface area contributed by atoms with Gasteiger partial charge < -0.3 is 15.0 Å². The van der Waals surface area contributed by atoms with Crippen molar-refractivity contribution in [3.05, 3.63) is 24.5 Å². The largest absolute Gasteiger partial charge is 0.460 e. The van der Waals surface area contributed by atoms with E-state index in [1.807, 2.05) is 17.0 Å². The highest BCUT2D eigenvalue weighted by Crippen LogP contribution is 2.25. The van der Waals surface area contributed by atoms with E-state index >= 15 is 0 Å². The van der Waals surface area contributed by atoms with E-state index in [9.17, 15) is 9.59 Å². The molecule has 142 valence electrons. The lowest BCUT2D eigenvalue weighted by molar-refractivity contribution is -0.168. The Bertz CT molecular complexity index is 598. The van der Waals surface area contributed by atoms with Crippen molar-refractivity contribution >= 4 is 18.1 Å². The van der Waals surface area contributed by atoms with Gasteiger partial charge in [0.15, 0.2) is 5.66 Å². The van der Waals surface area contributed by atoms with E-state index in [1.54, 1.807) is 19.3 Å². The second-order valence-corrected chi connectivity index (χ2v) is 7.18. The Morgan fingerprint density at radius 3 is 2.46 bits per heavy atom. The van der Waals surface area contributed by atoms with Crippen molar-refractivity contribution in [2.45, 2.75) is 50.8 Å². The lowest BCUT2D eigenvalue weighted by atomic mass is 9.97. The SMILES string of the molecule is CC(NC=O)(C(=O)OC1CCCCC1)N1CCN(c2ccncc2)CC1. The molecule has 1 N–H and O–H groups in total. The number of nitrogens with zero attached hydrogens (tertiary/aromatic N) is 3. The maximum atomic E-state index is 12.9. The summed E-state index contributed by atoms with van der Waals surface area (Å²) in [6, 6.07) is 3.96. The van der Waals surface area contributed by atoms with E-state index in [2.05, 4.69) is 15.2 Å². The molecule has 1 saturated heterocycles. The molecule has 1 amide bonds. The van der Waals surface area contributed by atoms with Crippen LogP contribution in [0.25, 0.3) is 0 Å². The molecule has 2 fully saturated rings. The topological polar surface area (TPSA) is 74.8 Å². The molecule has 26 heavy (non-hydrogen) atoms. The molecule has 0 bridgehead atoms. The molecule has 1 aromatic rings. The fourth-order valence-electron chi connectivity index (χ4n) is 3.81. The van der Waals surface area contributed by atoms with Gasteiger partial charge in [0.2, 0.25) is 6.41 Å². The highest BCUT2D eigenvalue weighted by Gasteiger charge is 2.43. The molecule has 2 aliphatic rings. The van der Waals surface area contributed by atoms with Crippen molar-refractivity contribution in [1.29, 1.82) is 0 Å². The van der Waals surface area contributed by atoms with Gasteiger partial charge in [-0.1, -0.05) is 6.42 Å². The number of esters is 1. The number of aromatic nitrogens is 1. The van der Waals surface area contributed by atoms with Gasteiger partial charge in [-0.15, -0.1) is 0 Å². The van der Waals surface area contributed by atoms with Gasteiger partial charge in [-0.3, -0.25) is 14.7 Å². The summed E-state index contributed by atoms with van der Waals surface area (Å²) in [5.41, 5.74) is -0.00161. The van der Waals surface area contributed by atoms with Gasteiger partial charge in [0.1, 0.15) is 6.10 Å². The summed E-state index contributed by atoms with van der Waals surface area (Å²) < 4.78 is 5.75. The standard InChI is InChI=1S/C19H28N4O3/c1-19(21-15-24,18(25)26-17-5-3-2-4-6-17)23-13-11-22(12-14-23)16-7-9-20-10-8-16/h7-10,15,17H,2-6,11-14H2,1H3,(H,21,24). The second-order valence-electron chi connectivity index (χ2n) is 7.18. The van der Waals surface area contributed by atoms with Crippen molar-refractivity contribution in [1.82, 2.24) is 15.2 Å². The maximum Gasteiger partial charge on any atom is 0.347 e. The van der Waals surface area contributed by atoms with Crippen LogP contribution in [0.3, 0.4) is 0 Å². The average Bonchev–Trinajstić information content (AvgIpc) is 2.69. The smallest absolute Gasteiger partial charge is 0.347 e. The predicted molar refractivity (Wildman–Crippen MR) is 98.6 cm³/mol. The number of ether oxygens (including phenoxy) is 1. The quantitative estimate of drug-likeness (QED) is 0.613. The van der Waals surface area contributed by atoms with Crippen molar-refractivity contribution in [2.75, 3.05) is 31.1 Å². The van der Waals surface area contributed by atoms with Crippen molar-refractivity contribution in [2.24, 2.45) is 0 Å². The summed E-state index contributed by atoms with van der Waals surface area (Å²) in [7, 11) is 0. The van der Waals surface area contributed by atoms with Gasteiger partial charge in [-0.25, -0.2) is 4.79 Å². The Balaban J connectivity index is 1.63. The minimum Gasteiger partial charge on any atom is -0.460 e. The van der Waals surface area contributed by atoms with Crippen LogP contribution >= 0.6 is 0 Å². The lowest BCUT2D eigenvalue weighted by Crippen LogP contribution is -2.66. The van der Waals surface area contributed by atoms with Crippen molar-refractivity contribution in [3.63, 3.8) is 0 Å². The third-order valence-corrected chi connectivity index (χ3v) is 5.50. The molecule has 1 atom stereocenters. The number of amides is 1. The summed E-state index contributed by atoms with van der Waals surface area (Å²) in [6.07, 6.45) is 9.36. The van der Waals surface area contributed by atoms with Gasteiger partial charge in [0.25, 0.3) is 0 Å². The number of nitrogens with one attached hydrogen (secondary N) is 1. The van der Waals surface area contributed by atoms with E-state index in [0.29, 0.717) is 19.5 Å². The van der Waals surface area contributed by atoms with Gasteiger partial charge in [-0.2, -0.15) is 0 Å². The number of piperazine rings is 1. The highest BCUT2D eigenvalue weighted by molar-refractivity contribution is 5.82. The third kappa shape index (κ3) is 4.15. The Morgan fingerprint density at radius 2 is 1.85 bits per heavy atom. The van der Waals surface area contributed by atoms with Gasteiger partial charge >= 0.3 is 5.97 Å². The number of pyridine rings is 1. The van der Waals surface area contributed by atoms with Gasteiger partial charge in [-0.05, 0) is 44.7 Å². The van der Waals surface area contributed by atoms with Crippen LogP contribution in [0.5, 0.6) is 0 Å². The number of carbonyl (C=O) groups is 2. The molecule has 0 spiro atoms. The first-order chi connectivity index (χ1) is 12.6. The lowest BCUT2D eigenvalue weighted by Gasteiger charge is -2.44. The van der Waals surface area contributed by atoms with Crippen LogP contribution in [-0.2, 0) is 14.3 Å². The van der Waals surface area contributed by atoms with E-state index in [0.717, 1.165) is 44.5 Å². The molecule has 0 radical (unpaired) electrons. The molecule has 7 nitrogen and oxygen atoms in total. The first-order valence-corrected chi connectivity index (χ1v) is 9.46. The second kappa shape index (κ2) is 8.49. The third-order valence-electron chi connectivity index (χ3n) is 5.50. The zero-order valence-corrected chi connectivity index (χ0v) is 15.4. The number of carbonyl (C=O) groups excluding carboxylic acids is 2. The Kier molecular flexibility index (Phi) is 6.08. The number of hydrogen-bond acceptors (Lipinski definition) is 6. The van der Waals surface area contributed by atoms with Crippen LogP contribution < -0.4 is 10.2 Å². The molecule has 1 aromatic heterocycles. The summed E-state index contributed by atoms with van der Waals surface area (Å²) >= 11 is 0. The maximum absolute atomic E-state index is 12.9. The molecular formula is C19H28N4O3. The van der Waals surface area contributed by atoms with Crippen LogP contribution in [0, 0.1) is 0 Å². The zero-order chi connectivity index (χ0) is 18.4. The first-order valence-electron chi connectivity index (χ1n) is 9.46. The molecule has 1 saturated carbocycles. The predicted octanol–water partition coefficient (Wildman–Crippen LogP) is 1.54. The number of hydrogen-bond donors (Lipinski definition) is 1. The Labute approximate surface area is 154 Å². The minimum atomic E-state index is -1.12. The van der Waals surface area contributed by atoms with Crippen LogP contribution in [0.4, 0.5) is 5.69 Å². The Morgan fingerprint density at radius 1 is 1.19 bits per heavy atom. The summed E-state index contributed by atoms with van der Waals surface area (Å²) in [5, 5.41) is 2.71. The first kappa shape index (κ1) is 18.6. The molecule has 1 aliphatic carbocycles. The number of rotatable bonds is 6. The molecular weight excluding hydrogens is 332 g/mol. The van der Waals surface area contributed by atoms with Crippen molar-refractivity contribution in [3.8, 4) is 0 Å². The van der Waals surface area contributed by atoms with Crippen LogP contribution in [0.2, 0.25) is 0 Å². The molecule has 7 heteroatoms. The van der Waals surface area contributed by atoms with Crippen LogP contribution in [0.15, 0.2) is 24.5 Å². The Hall–Kier alpha value is -2.15. The molecule has 3 rings (SSSR count). The van der Waals surface area contributed by atoms with E-state index in [1.165, 1.54) is 6.42 Å².